The number of hydrogen-bond donors (Lipinski definition) is 0. The lowest BCUT2D eigenvalue weighted by Gasteiger charge is -2.16. The first-order valence-corrected chi connectivity index (χ1v) is 8.17. The van der Waals surface area contributed by atoms with E-state index in [2.05, 4.69) is 0 Å². The van der Waals surface area contributed by atoms with Gasteiger partial charge in [-0.3, -0.25) is 9.59 Å². The number of para-hydroxylation sites is 1. The van der Waals surface area contributed by atoms with Crippen LogP contribution in [0.5, 0.6) is 11.5 Å². The van der Waals surface area contributed by atoms with Gasteiger partial charge in [0.2, 0.25) is 0 Å². The van der Waals surface area contributed by atoms with Gasteiger partial charge in [-0.2, -0.15) is 0 Å². The second kappa shape index (κ2) is 9.50. The number of methoxy groups -OCH3 is 2. The Bertz CT molecular complexity index is 726. The highest BCUT2D eigenvalue weighted by Crippen LogP contribution is 2.31. The van der Waals surface area contributed by atoms with E-state index < -0.39 is 5.97 Å². The number of nitrogens with zero attached hydrogens (tertiary/aromatic N) is 1. The van der Waals surface area contributed by atoms with E-state index in [9.17, 15) is 9.59 Å². The molecule has 140 valence electrons. The summed E-state index contributed by atoms with van der Waals surface area (Å²) in [6.45, 7) is 0.0235. The van der Waals surface area contributed by atoms with Crippen LogP contribution in [0.2, 0.25) is 0 Å². The zero-order valence-corrected chi connectivity index (χ0v) is 15.2. The molecule has 0 aliphatic rings. The molecule has 0 spiro atoms. The average molecular weight is 361 g/mol. The van der Waals surface area contributed by atoms with Crippen LogP contribution in [-0.4, -0.2) is 44.7 Å². The van der Waals surface area contributed by atoms with E-state index in [-0.39, 0.29) is 18.9 Å². The Hall–Kier alpha value is -2.96. The van der Waals surface area contributed by atoms with Crippen molar-refractivity contribution in [2.45, 2.75) is 19.4 Å². The lowest BCUT2D eigenvalue weighted by atomic mass is 10.1. The maximum Gasteiger partial charge on any atom is 0.306 e. The molecular weight excluding hydrogens is 338 g/mol. The minimum absolute atomic E-state index is 0.138. The molecule has 0 aliphatic carbocycles. The van der Waals surface area contributed by atoms with Crippen LogP contribution >= 0.6 is 0 Å². The number of carbonyl (C=O) groups excluding carboxylic acids is 2. The smallest absolute Gasteiger partial charge is 0.306 e. The molecule has 1 amide bonds. The topological polar surface area (TPSA) is 78.2 Å². The molecule has 0 aliphatic heterocycles. The maximum absolute atomic E-state index is 12.0. The fraction of sp³-hybridized carbons (Fsp3) is 0.368. The van der Waals surface area contributed by atoms with Crippen LogP contribution in [-0.2, 0) is 27.3 Å². The lowest BCUT2D eigenvalue weighted by molar-refractivity contribution is -0.151. The van der Waals surface area contributed by atoms with E-state index in [1.807, 2.05) is 12.1 Å². The van der Waals surface area contributed by atoms with Gasteiger partial charge in [-0.25, -0.2) is 0 Å². The van der Waals surface area contributed by atoms with Crippen molar-refractivity contribution >= 4 is 11.9 Å². The van der Waals surface area contributed by atoms with Gasteiger partial charge in [0, 0.05) is 13.5 Å². The number of esters is 1. The Morgan fingerprint density at radius 1 is 1.12 bits per heavy atom. The fourth-order valence-corrected chi connectivity index (χ4v) is 2.44. The summed E-state index contributed by atoms with van der Waals surface area (Å²) in [7, 11) is 4.73. The standard InChI is InChI=1S/C19H23NO6/c1-20(12-15-7-5-11-25-15)17(21)13-26-18(22)10-9-14-6-4-8-16(23-2)19(14)24-3/h4-8,11H,9-10,12-13H2,1-3H3. The van der Waals surface area contributed by atoms with Crippen LogP contribution in [0.25, 0.3) is 0 Å². The monoisotopic (exact) mass is 361 g/mol. The van der Waals surface area contributed by atoms with Gasteiger partial charge >= 0.3 is 5.97 Å². The SMILES string of the molecule is COc1cccc(CCC(=O)OCC(=O)N(C)Cc2ccco2)c1OC. The number of rotatable bonds is 9. The third-order valence-electron chi connectivity index (χ3n) is 3.84. The molecule has 2 aromatic rings. The molecule has 7 nitrogen and oxygen atoms in total. The van der Waals surface area contributed by atoms with Crippen molar-refractivity contribution in [3.8, 4) is 11.5 Å². The normalized spacial score (nSPS) is 10.3. The van der Waals surface area contributed by atoms with E-state index in [1.54, 1.807) is 45.7 Å². The Kier molecular flexibility index (Phi) is 7.08. The predicted octanol–water partition coefficient (Wildman–Crippen LogP) is 2.43. The van der Waals surface area contributed by atoms with Gasteiger partial charge in [-0.1, -0.05) is 12.1 Å². The zero-order valence-electron chi connectivity index (χ0n) is 15.2. The van der Waals surface area contributed by atoms with Crippen LogP contribution in [0.3, 0.4) is 0 Å². The maximum atomic E-state index is 12.0. The Morgan fingerprint density at radius 3 is 2.58 bits per heavy atom. The fourth-order valence-electron chi connectivity index (χ4n) is 2.44. The number of benzene rings is 1. The molecule has 26 heavy (non-hydrogen) atoms. The van der Waals surface area contributed by atoms with Crippen LogP contribution < -0.4 is 9.47 Å². The Labute approximate surface area is 152 Å². The van der Waals surface area contributed by atoms with Crippen molar-refractivity contribution in [2.75, 3.05) is 27.9 Å². The molecule has 0 N–H and O–H groups in total. The van der Waals surface area contributed by atoms with Crippen molar-refractivity contribution in [1.29, 1.82) is 0 Å². The summed E-state index contributed by atoms with van der Waals surface area (Å²) >= 11 is 0. The molecule has 1 aromatic heterocycles. The van der Waals surface area contributed by atoms with Gasteiger partial charge in [-0.05, 0) is 30.2 Å². The molecule has 0 saturated carbocycles. The highest BCUT2D eigenvalue weighted by Gasteiger charge is 2.15. The molecule has 0 unspecified atom stereocenters. The zero-order chi connectivity index (χ0) is 18.9. The van der Waals surface area contributed by atoms with E-state index in [0.717, 1.165) is 5.56 Å². The third-order valence-corrected chi connectivity index (χ3v) is 3.84. The molecule has 0 fully saturated rings. The third kappa shape index (κ3) is 5.27. The van der Waals surface area contributed by atoms with Crippen molar-refractivity contribution in [1.82, 2.24) is 4.90 Å². The van der Waals surface area contributed by atoms with Gasteiger partial charge < -0.3 is 23.5 Å². The molecule has 1 heterocycles. The highest BCUT2D eigenvalue weighted by atomic mass is 16.5. The number of furan rings is 1. The number of amides is 1. The van der Waals surface area contributed by atoms with E-state index in [0.29, 0.717) is 30.2 Å². The summed E-state index contributed by atoms with van der Waals surface area (Å²) in [5, 5.41) is 0. The molecule has 0 bridgehead atoms. The molecule has 1 aromatic carbocycles. The molecular formula is C19H23NO6. The summed E-state index contributed by atoms with van der Waals surface area (Å²) in [6.07, 6.45) is 2.11. The van der Waals surface area contributed by atoms with Gasteiger partial charge in [0.05, 0.1) is 27.0 Å². The van der Waals surface area contributed by atoms with Crippen molar-refractivity contribution in [3.63, 3.8) is 0 Å². The molecule has 0 saturated heterocycles. The summed E-state index contributed by atoms with van der Waals surface area (Å²) in [6, 6.07) is 9.00. The molecule has 2 rings (SSSR count). The first-order valence-electron chi connectivity index (χ1n) is 8.17. The molecule has 0 radical (unpaired) electrons. The second-order valence-corrected chi connectivity index (χ2v) is 5.64. The first-order chi connectivity index (χ1) is 12.5. The van der Waals surface area contributed by atoms with Crippen molar-refractivity contribution < 1.29 is 28.2 Å². The van der Waals surface area contributed by atoms with E-state index in [1.165, 1.54) is 4.90 Å². The molecule has 7 heteroatoms. The van der Waals surface area contributed by atoms with Gasteiger partial charge in [0.25, 0.3) is 5.91 Å². The van der Waals surface area contributed by atoms with Gasteiger partial charge in [0.1, 0.15) is 5.76 Å². The quantitative estimate of drug-likeness (QED) is 0.639. The minimum atomic E-state index is -0.449. The summed E-state index contributed by atoms with van der Waals surface area (Å²) in [5.74, 6) is 1.12. The molecule has 0 atom stereocenters. The van der Waals surface area contributed by atoms with Crippen LogP contribution in [0.4, 0.5) is 0 Å². The van der Waals surface area contributed by atoms with E-state index >= 15 is 0 Å². The predicted molar refractivity (Wildman–Crippen MR) is 94.0 cm³/mol. The van der Waals surface area contributed by atoms with E-state index in [4.69, 9.17) is 18.6 Å². The average Bonchev–Trinajstić information content (AvgIpc) is 3.16. The lowest BCUT2D eigenvalue weighted by Crippen LogP contribution is -2.30. The van der Waals surface area contributed by atoms with Crippen LogP contribution in [0, 0.1) is 0 Å². The largest absolute Gasteiger partial charge is 0.493 e. The summed E-state index contributed by atoms with van der Waals surface area (Å²) < 4.78 is 20.8. The highest BCUT2D eigenvalue weighted by molar-refractivity contribution is 5.80. The van der Waals surface area contributed by atoms with Crippen molar-refractivity contribution in [2.24, 2.45) is 0 Å². The number of carbonyl (C=O) groups is 2. The van der Waals surface area contributed by atoms with Crippen LogP contribution in [0.15, 0.2) is 41.0 Å². The minimum Gasteiger partial charge on any atom is -0.493 e. The van der Waals surface area contributed by atoms with Gasteiger partial charge in [0.15, 0.2) is 18.1 Å². The first kappa shape index (κ1) is 19.4. The second-order valence-electron chi connectivity index (χ2n) is 5.64. The number of hydrogen-bond acceptors (Lipinski definition) is 6. The summed E-state index contributed by atoms with van der Waals surface area (Å²) in [5.41, 5.74) is 0.838. The number of ether oxygens (including phenoxy) is 3. The number of aryl methyl sites for hydroxylation is 1. The summed E-state index contributed by atoms with van der Waals surface area (Å²) in [4.78, 5) is 25.4. The van der Waals surface area contributed by atoms with Crippen molar-refractivity contribution in [3.05, 3.63) is 47.9 Å². The van der Waals surface area contributed by atoms with Crippen LogP contribution in [0.1, 0.15) is 17.7 Å². The number of likely N-dealkylation sites (N-methyl/N-ethyl adjacent to an activating group) is 1. The Balaban J connectivity index is 1.79. The van der Waals surface area contributed by atoms with Gasteiger partial charge in [-0.15, -0.1) is 0 Å². The Morgan fingerprint density at radius 2 is 1.92 bits per heavy atom.